The molecule has 0 spiro atoms. The Bertz CT molecular complexity index is 5190. The second-order valence-corrected chi connectivity index (χ2v) is 20.7. The molecule has 4 aromatic heterocycles. The van der Waals surface area contributed by atoms with E-state index in [9.17, 15) is 0 Å². The molecule has 17 aromatic rings. The predicted molar refractivity (Wildman–Crippen MR) is 339 cm³/mol. The number of hydrogen-bond acceptors (Lipinski definition) is 3. The van der Waals surface area contributed by atoms with Gasteiger partial charge in [-0.05, 0) is 91.5 Å². The summed E-state index contributed by atoms with van der Waals surface area (Å²) in [6.45, 7) is 0. The van der Waals surface area contributed by atoms with E-state index in [1.165, 1.54) is 87.1 Å². The molecule has 1 N–H and O–H groups in total. The zero-order chi connectivity index (χ0) is 53.4. The number of aromatic amines is 1. The second kappa shape index (κ2) is 18.9. The van der Waals surface area contributed by atoms with E-state index in [1.54, 1.807) is 0 Å². The van der Waals surface area contributed by atoms with Gasteiger partial charge in [-0.1, -0.05) is 243 Å². The number of aromatic nitrogens is 6. The smallest absolute Gasteiger partial charge is 0.238 e. The summed E-state index contributed by atoms with van der Waals surface area (Å²) in [5.74, 6) is 1.86. The van der Waals surface area contributed by atoms with E-state index < -0.39 is 0 Å². The maximum atomic E-state index is 5.17. The molecule has 0 saturated carbocycles. The molecule has 17 rings (SSSR count). The lowest BCUT2D eigenvalue weighted by Gasteiger charge is -2.13. The molecule has 0 unspecified atom stereocenters. The van der Waals surface area contributed by atoms with Crippen molar-refractivity contribution in [1.82, 2.24) is 29.1 Å². The molecule has 378 valence electrons. The number of hydrogen-bond donors (Lipinski definition) is 1. The molecule has 81 heavy (non-hydrogen) atoms. The Balaban J connectivity index is 0.000000136. The Kier molecular flexibility index (Phi) is 10.8. The summed E-state index contributed by atoms with van der Waals surface area (Å²) in [5, 5.41) is 15.1. The molecule has 0 amide bonds. The lowest BCUT2D eigenvalue weighted by Crippen LogP contribution is -2.07. The average Bonchev–Trinajstić information content (AvgIpc) is 3.61. The standard InChI is InChI=1S/C39H25N5.C36H23N/c1-4-14-26(15-5-1)37-40-38(27-16-6-2-7-17-27)42-39(41-37)44-34-23-13-11-21-30(34)32-25-24-31-29-20-10-12-22-33(29)43(35(31)36(32)44)28-18-8-3-9-19-28;1-2-13-29-27(11-1)28-12-3-4-14-30(28)34-22-24(19-20-31(29)34)23-9-7-10-25(21-23)26-16-8-17-33-32-15-5-6-18-35(32)37-36(26)33/h1-25H;1-22,37H. The van der Waals surface area contributed by atoms with E-state index >= 15 is 0 Å². The van der Waals surface area contributed by atoms with Crippen LogP contribution in [-0.2, 0) is 0 Å². The van der Waals surface area contributed by atoms with Gasteiger partial charge in [0.05, 0.1) is 27.6 Å². The Morgan fingerprint density at radius 3 is 1.32 bits per heavy atom. The van der Waals surface area contributed by atoms with Crippen LogP contribution in [0, 0.1) is 0 Å². The summed E-state index contributed by atoms with van der Waals surface area (Å²) in [6.07, 6.45) is 0. The van der Waals surface area contributed by atoms with Gasteiger partial charge in [0.15, 0.2) is 11.6 Å². The van der Waals surface area contributed by atoms with Gasteiger partial charge < -0.3 is 9.55 Å². The minimum absolute atomic E-state index is 0.585. The molecule has 6 heteroatoms. The van der Waals surface area contributed by atoms with Crippen molar-refractivity contribution in [2.45, 2.75) is 0 Å². The molecule has 13 aromatic carbocycles. The van der Waals surface area contributed by atoms with Gasteiger partial charge in [-0.3, -0.25) is 4.57 Å². The van der Waals surface area contributed by atoms with Gasteiger partial charge in [0.2, 0.25) is 5.95 Å². The van der Waals surface area contributed by atoms with Crippen molar-refractivity contribution < 1.29 is 0 Å². The first kappa shape index (κ1) is 46.2. The number of nitrogens with one attached hydrogen (secondary N) is 1. The molecule has 0 atom stereocenters. The molecule has 6 nitrogen and oxygen atoms in total. The first-order valence-electron chi connectivity index (χ1n) is 27.5. The quantitative estimate of drug-likeness (QED) is 0.169. The van der Waals surface area contributed by atoms with E-state index in [2.05, 4.69) is 239 Å². The maximum Gasteiger partial charge on any atom is 0.238 e. The lowest BCUT2D eigenvalue weighted by molar-refractivity contribution is 0.953. The van der Waals surface area contributed by atoms with Crippen molar-refractivity contribution in [1.29, 1.82) is 0 Å². The van der Waals surface area contributed by atoms with Crippen LogP contribution >= 0.6 is 0 Å². The number of fused-ring (bicyclic) bond motifs is 16. The van der Waals surface area contributed by atoms with Crippen molar-refractivity contribution in [3.05, 3.63) is 285 Å². The third-order valence-corrected chi connectivity index (χ3v) is 16.2. The lowest BCUT2D eigenvalue weighted by atomic mass is 9.91. The van der Waals surface area contributed by atoms with Gasteiger partial charge in [0.1, 0.15) is 0 Å². The molecular formula is C75H48N6. The van der Waals surface area contributed by atoms with E-state index in [0.29, 0.717) is 17.6 Å². The summed E-state index contributed by atoms with van der Waals surface area (Å²) in [7, 11) is 0. The van der Waals surface area contributed by atoms with Crippen LogP contribution in [0.1, 0.15) is 0 Å². The number of rotatable bonds is 6. The van der Waals surface area contributed by atoms with E-state index in [-0.39, 0.29) is 0 Å². The number of nitrogens with zero attached hydrogens (tertiary/aromatic N) is 5. The van der Waals surface area contributed by atoms with Crippen LogP contribution in [0.4, 0.5) is 0 Å². The molecule has 4 heterocycles. The molecular weight excluding hydrogens is 985 g/mol. The highest BCUT2D eigenvalue weighted by molar-refractivity contribution is 6.26. The minimum atomic E-state index is 0.585. The van der Waals surface area contributed by atoms with Crippen LogP contribution in [0.15, 0.2) is 285 Å². The van der Waals surface area contributed by atoms with Gasteiger partial charge in [0.25, 0.3) is 0 Å². The zero-order valence-electron chi connectivity index (χ0n) is 43.9. The molecule has 0 aliphatic heterocycles. The van der Waals surface area contributed by atoms with Crippen LogP contribution in [0.5, 0.6) is 0 Å². The Morgan fingerprint density at radius 1 is 0.259 bits per heavy atom. The molecule has 0 bridgehead atoms. The Morgan fingerprint density at radius 2 is 0.691 bits per heavy atom. The fourth-order valence-electron chi connectivity index (χ4n) is 12.5. The summed E-state index contributed by atoms with van der Waals surface area (Å²) in [5.41, 5.74) is 14.7. The molecule has 0 aliphatic carbocycles. The predicted octanol–water partition coefficient (Wildman–Crippen LogP) is 19.5. The minimum Gasteiger partial charge on any atom is -0.354 e. The fourth-order valence-corrected chi connectivity index (χ4v) is 12.5. The number of H-pyrrole nitrogens is 1. The van der Waals surface area contributed by atoms with Crippen molar-refractivity contribution in [3.63, 3.8) is 0 Å². The normalized spacial score (nSPS) is 11.7. The van der Waals surface area contributed by atoms with Crippen LogP contribution in [-0.4, -0.2) is 29.1 Å². The number of benzene rings is 13. The van der Waals surface area contributed by atoms with Crippen molar-refractivity contribution in [2.75, 3.05) is 0 Å². The highest BCUT2D eigenvalue weighted by Gasteiger charge is 2.24. The van der Waals surface area contributed by atoms with E-state index in [4.69, 9.17) is 15.0 Å². The third-order valence-electron chi connectivity index (χ3n) is 16.2. The van der Waals surface area contributed by atoms with Crippen LogP contribution in [0.2, 0.25) is 0 Å². The zero-order valence-corrected chi connectivity index (χ0v) is 43.9. The average molecular weight is 1030 g/mol. The summed E-state index contributed by atoms with van der Waals surface area (Å²) in [4.78, 5) is 19.0. The molecule has 0 radical (unpaired) electrons. The first-order valence-corrected chi connectivity index (χ1v) is 27.5. The SMILES string of the molecule is c1cc(-c2ccc3c4ccccc4c4ccccc4c3c2)cc(-c2cccc3c2[nH]c2ccccc23)c1.c1ccc(-c2nc(-c3ccccc3)nc(-n3c4ccccc4c4ccc5c6ccccc6n(-c6ccccc6)c5c43)n2)cc1. The van der Waals surface area contributed by atoms with Gasteiger partial charge in [-0.25, -0.2) is 4.98 Å². The summed E-state index contributed by atoms with van der Waals surface area (Å²) < 4.78 is 4.60. The Hall–Kier alpha value is -11.0. The van der Waals surface area contributed by atoms with Gasteiger partial charge in [-0.15, -0.1) is 0 Å². The third kappa shape index (κ3) is 7.60. The van der Waals surface area contributed by atoms with Crippen LogP contribution < -0.4 is 0 Å². The van der Waals surface area contributed by atoms with Crippen LogP contribution in [0.3, 0.4) is 0 Å². The molecule has 0 fully saturated rings. The van der Waals surface area contributed by atoms with Crippen LogP contribution in [0.25, 0.3) is 154 Å². The Labute approximate surface area is 466 Å². The first-order chi connectivity index (χ1) is 40.2. The van der Waals surface area contributed by atoms with Gasteiger partial charge >= 0.3 is 0 Å². The van der Waals surface area contributed by atoms with E-state index in [1.807, 2.05) is 60.7 Å². The second-order valence-electron chi connectivity index (χ2n) is 20.7. The van der Waals surface area contributed by atoms with Crippen molar-refractivity contribution in [3.8, 4) is 56.7 Å². The highest BCUT2D eigenvalue weighted by atomic mass is 15.2. The summed E-state index contributed by atoms with van der Waals surface area (Å²) >= 11 is 0. The fraction of sp³-hybridized carbons (Fsp3) is 0. The maximum absolute atomic E-state index is 5.17. The van der Waals surface area contributed by atoms with Crippen molar-refractivity contribution >= 4 is 97.7 Å². The number of para-hydroxylation sites is 5. The molecule has 0 saturated heterocycles. The van der Waals surface area contributed by atoms with Gasteiger partial charge in [-0.2, -0.15) is 9.97 Å². The van der Waals surface area contributed by atoms with Gasteiger partial charge in [0, 0.05) is 60.2 Å². The largest absolute Gasteiger partial charge is 0.354 e. The molecule has 0 aliphatic rings. The summed E-state index contributed by atoms with van der Waals surface area (Å²) in [6, 6.07) is 101. The van der Waals surface area contributed by atoms with Crippen molar-refractivity contribution in [2.24, 2.45) is 0 Å². The monoisotopic (exact) mass is 1030 g/mol. The highest BCUT2D eigenvalue weighted by Crippen LogP contribution is 2.43. The van der Waals surface area contributed by atoms with E-state index in [0.717, 1.165) is 49.7 Å². The topological polar surface area (TPSA) is 64.3 Å².